The van der Waals surface area contributed by atoms with Crippen LogP contribution in [0.5, 0.6) is 5.75 Å². The molecule has 0 aliphatic heterocycles. The molecule has 0 bridgehead atoms. The van der Waals surface area contributed by atoms with Crippen LogP contribution in [0.25, 0.3) is 6.08 Å². The van der Waals surface area contributed by atoms with Crippen LogP contribution < -0.4 is 20.7 Å². The normalized spacial score (nSPS) is 11.7. The number of nitrogens with one attached hydrogen (secondary N) is 3. The van der Waals surface area contributed by atoms with Gasteiger partial charge in [-0.1, -0.05) is 60.7 Å². The van der Waals surface area contributed by atoms with E-state index in [0.717, 1.165) is 11.8 Å². The van der Waals surface area contributed by atoms with Crippen molar-refractivity contribution in [2.24, 2.45) is 0 Å². The summed E-state index contributed by atoms with van der Waals surface area (Å²) in [5, 5.41) is 6.30. The highest BCUT2D eigenvalue weighted by atomic mass is 32.2. The fourth-order valence-electron chi connectivity index (χ4n) is 4.53. The summed E-state index contributed by atoms with van der Waals surface area (Å²) in [7, 11) is 1.53. The van der Waals surface area contributed by atoms with Crippen molar-refractivity contribution in [2.75, 3.05) is 17.7 Å². The lowest BCUT2D eigenvalue weighted by Gasteiger charge is -2.18. The Morgan fingerprint density at radius 3 is 1.92 bits per heavy atom. The van der Waals surface area contributed by atoms with Crippen molar-refractivity contribution in [1.29, 1.82) is 0 Å². The van der Waals surface area contributed by atoms with Crippen LogP contribution in [0.3, 0.4) is 0 Å². The number of hydrogen-bond donors (Lipinski definition) is 3. The lowest BCUT2D eigenvalue weighted by atomic mass is 10.1. The molecule has 0 aliphatic rings. The zero-order valence-electron chi connectivity index (χ0n) is 25.7. The van der Waals surface area contributed by atoms with Crippen LogP contribution in [0.4, 0.5) is 28.9 Å². The van der Waals surface area contributed by atoms with E-state index in [1.54, 1.807) is 109 Å². The first-order valence-electron chi connectivity index (χ1n) is 14.6. The Morgan fingerprint density at radius 1 is 0.735 bits per heavy atom. The average molecular weight is 686 g/mol. The van der Waals surface area contributed by atoms with Gasteiger partial charge in [-0.2, -0.15) is 0 Å². The topological polar surface area (TPSA) is 96.5 Å². The largest absolute Gasteiger partial charge is 0.497 e. The second-order valence-electron chi connectivity index (χ2n) is 10.4. The minimum absolute atomic E-state index is 0.0356. The number of anilines is 2. The van der Waals surface area contributed by atoms with Crippen LogP contribution in [-0.2, 0) is 9.59 Å². The number of hydrogen-bond acceptors (Lipinski definition) is 5. The Labute approximate surface area is 283 Å². The fraction of sp³-hybridized carbons (Fsp3) is 0.0541. The molecule has 248 valence electrons. The summed E-state index contributed by atoms with van der Waals surface area (Å²) in [6, 6.07) is 29.9. The summed E-state index contributed by atoms with van der Waals surface area (Å²) in [5.41, 5.74) is 0.498. The summed E-state index contributed by atoms with van der Waals surface area (Å²) in [6.07, 6.45) is 1.51. The number of methoxy groups -OCH3 is 1. The van der Waals surface area contributed by atoms with Crippen molar-refractivity contribution in [3.8, 4) is 5.75 Å². The third kappa shape index (κ3) is 8.73. The van der Waals surface area contributed by atoms with Crippen molar-refractivity contribution in [3.63, 3.8) is 0 Å². The summed E-state index contributed by atoms with van der Waals surface area (Å²) >= 11 is 0.998. The number of benzene rings is 5. The highest BCUT2D eigenvalue weighted by Crippen LogP contribution is 2.37. The zero-order chi connectivity index (χ0) is 34.9. The van der Waals surface area contributed by atoms with Crippen LogP contribution in [0.15, 0.2) is 126 Å². The molecule has 12 heteroatoms. The summed E-state index contributed by atoms with van der Waals surface area (Å²) < 4.78 is 61.5. The number of rotatable bonds is 11. The lowest BCUT2D eigenvalue weighted by molar-refractivity contribution is -0.116. The molecule has 1 atom stereocenters. The van der Waals surface area contributed by atoms with Gasteiger partial charge in [-0.15, -0.1) is 11.8 Å². The van der Waals surface area contributed by atoms with Crippen LogP contribution in [0, 0.1) is 23.3 Å². The quantitative estimate of drug-likeness (QED) is 0.0565. The predicted molar refractivity (Wildman–Crippen MR) is 180 cm³/mol. The molecule has 1 unspecified atom stereocenters. The van der Waals surface area contributed by atoms with Crippen molar-refractivity contribution < 1.29 is 36.7 Å². The molecule has 0 aromatic heterocycles. The van der Waals surface area contributed by atoms with Crippen LogP contribution in [0.1, 0.15) is 26.7 Å². The van der Waals surface area contributed by atoms with Gasteiger partial charge < -0.3 is 20.7 Å². The highest BCUT2D eigenvalue weighted by Gasteiger charge is 2.27. The van der Waals surface area contributed by atoms with Gasteiger partial charge >= 0.3 is 0 Å². The number of amides is 3. The van der Waals surface area contributed by atoms with Crippen molar-refractivity contribution in [3.05, 3.63) is 161 Å². The molecule has 0 heterocycles. The molecular weight excluding hydrogens is 658 g/mol. The monoisotopic (exact) mass is 685 g/mol. The maximum Gasteiger partial charge on any atom is 0.272 e. The molecule has 0 saturated heterocycles. The zero-order valence-corrected chi connectivity index (χ0v) is 26.5. The first-order chi connectivity index (χ1) is 23.6. The van der Waals surface area contributed by atoms with E-state index in [1.807, 2.05) is 5.32 Å². The summed E-state index contributed by atoms with van der Waals surface area (Å²) in [5.74, 6) is -8.20. The molecule has 49 heavy (non-hydrogen) atoms. The van der Waals surface area contributed by atoms with Gasteiger partial charge in [0.25, 0.3) is 11.8 Å². The molecule has 0 fully saturated rings. The molecule has 0 aliphatic carbocycles. The molecule has 7 nitrogen and oxygen atoms in total. The highest BCUT2D eigenvalue weighted by molar-refractivity contribution is 8.00. The fourth-order valence-corrected chi connectivity index (χ4v) is 5.56. The van der Waals surface area contributed by atoms with Gasteiger partial charge in [0.1, 0.15) is 22.4 Å². The smallest absolute Gasteiger partial charge is 0.272 e. The van der Waals surface area contributed by atoms with Crippen LogP contribution >= 0.6 is 11.8 Å². The van der Waals surface area contributed by atoms with Gasteiger partial charge in [-0.25, -0.2) is 17.6 Å². The maximum absolute atomic E-state index is 14.3. The number of carbonyl (C=O) groups excluding carboxylic acids is 3. The van der Waals surface area contributed by atoms with Gasteiger partial charge in [0.05, 0.1) is 7.11 Å². The Balaban J connectivity index is 1.35. The van der Waals surface area contributed by atoms with Gasteiger partial charge in [-0.3, -0.25) is 14.4 Å². The number of ether oxygens (including phenoxy) is 1. The Morgan fingerprint density at radius 2 is 1.33 bits per heavy atom. The third-order valence-electron chi connectivity index (χ3n) is 7.02. The first kappa shape index (κ1) is 34.5. The van der Waals surface area contributed by atoms with Gasteiger partial charge in [0, 0.05) is 22.2 Å². The van der Waals surface area contributed by atoms with E-state index in [2.05, 4.69) is 10.6 Å². The third-order valence-corrected chi connectivity index (χ3v) is 8.29. The number of thioether (sulfide) groups is 1. The van der Waals surface area contributed by atoms with Crippen LogP contribution in [-0.4, -0.2) is 24.8 Å². The lowest BCUT2D eigenvalue weighted by Crippen LogP contribution is -2.30. The second kappa shape index (κ2) is 15.8. The van der Waals surface area contributed by atoms with Crippen LogP contribution in [0.2, 0.25) is 0 Å². The van der Waals surface area contributed by atoms with E-state index in [4.69, 9.17) is 4.74 Å². The SMILES string of the molecule is COc1ccc(/C=C(\NC(=O)c2ccccc2)C(=O)Nc2ccc(SC(C(=O)Nc3c(F)c(F)cc(F)c3F)c3ccccc3)cc2)cc1. The summed E-state index contributed by atoms with van der Waals surface area (Å²) in [4.78, 5) is 40.2. The number of halogens is 4. The predicted octanol–water partition coefficient (Wildman–Crippen LogP) is 8.13. The van der Waals surface area contributed by atoms with Gasteiger partial charge in [-0.05, 0) is 65.7 Å². The molecule has 3 amide bonds. The molecule has 3 N–H and O–H groups in total. The van der Waals surface area contributed by atoms with E-state index in [0.29, 0.717) is 33.0 Å². The van der Waals surface area contributed by atoms with Gasteiger partial charge in [0.15, 0.2) is 23.3 Å². The van der Waals surface area contributed by atoms with E-state index in [1.165, 1.54) is 13.2 Å². The molecule has 0 radical (unpaired) electrons. The number of carbonyl (C=O) groups is 3. The molecule has 5 aromatic rings. The molecule has 5 rings (SSSR count). The second-order valence-corrected chi connectivity index (χ2v) is 11.5. The van der Waals surface area contributed by atoms with E-state index < -0.39 is 51.9 Å². The minimum Gasteiger partial charge on any atom is -0.497 e. The molecular formula is C37H27F4N3O4S. The minimum atomic E-state index is -1.73. The Bertz CT molecular complexity index is 1970. The first-order valence-corrected chi connectivity index (χ1v) is 15.5. The average Bonchev–Trinajstić information content (AvgIpc) is 3.12. The van der Waals surface area contributed by atoms with Gasteiger partial charge in [0.2, 0.25) is 5.91 Å². The van der Waals surface area contributed by atoms with Crippen molar-refractivity contribution in [2.45, 2.75) is 10.1 Å². The maximum atomic E-state index is 14.3. The Hall–Kier alpha value is -5.88. The van der Waals surface area contributed by atoms with Crippen molar-refractivity contribution in [1.82, 2.24) is 5.32 Å². The molecule has 0 saturated carbocycles. The standard InChI is InChI=1S/C37H27F4N3O4S/c1-48-26-16-12-22(13-17-26)20-30(43-35(45)24-10-6-3-7-11-24)36(46)42-25-14-18-27(19-15-25)49-34(23-8-4-2-5-9-23)37(47)44-33-31(40)28(38)21-29(39)32(33)41/h2-21,34H,1H3,(H,42,46)(H,43,45)(H,44,47)/b30-20-. The molecule has 5 aromatic carbocycles. The van der Waals surface area contributed by atoms with Crippen molar-refractivity contribution >= 4 is 46.9 Å². The molecule has 0 spiro atoms. The van der Waals surface area contributed by atoms with E-state index >= 15 is 0 Å². The van der Waals surface area contributed by atoms with E-state index in [-0.39, 0.29) is 11.8 Å². The Kier molecular flexibility index (Phi) is 11.1. The summed E-state index contributed by atoms with van der Waals surface area (Å²) in [6.45, 7) is 0. The van der Waals surface area contributed by atoms with E-state index in [9.17, 15) is 31.9 Å².